The van der Waals surface area contributed by atoms with Crippen molar-refractivity contribution in [3.05, 3.63) is 94.9 Å². The number of ether oxygens (including phenoxy) is 2. The average Bonchev–Trinajstić information content (AvgIpc) is 3.11. The van der Waals surface area contributed by atoms with Crippen LogP contribution in [0.25, 0.3) is 6.08 Å². The Bertz CT molecular complexity index is 1240. The van der Waals surface area contributed by atoms with E-state index in [0.717, 1.165) is 28.6 Å². The Balaban J connectivity index is 1.53. The molecule has 1 aliphatic rings. The van der Waals surface area contributed by atoms with Crippen molar-refractivity contribution >= 4 is 46.3 Å². The van der Waals surface area contributed by atoms with E-state index in [9.17, 15) is 14.7 Å². The molecule has 1 saturated heterocycles. The smallest absolute Gasteiger partial charge is 0.327 e. The van der Waals surface area contributed by atoms with Gasteiger partial charge in [-0.2, -0.15) is 0 Å². The zero-order valence-corrected chi connectivity index (χ0v) is 19.8. The summed E-state index contributed by atoms with van der Waals surface area (Å²) in [5.41, 5.74) is 1.55. The minimum atomic E-state index is -1.10. The van der Waals surface area contributed by atoms with Gasteiger partial charge in [-0.1, -0.05) is 66.4 Å². The maximum atomic E-state index is 13.1. The lowest BCUT2D eigenvalue weighted by Gasteiger charge is -2.23. The summed E-state index contributed by atoms with van der Waals surface area (Å²) in [5, 5.41) is 9.81. The van der Waals surface area contributed by atoms with Gasteiger partial charge in [0.15, 0.2) is 0 Å². The van der Waals surface area contributed by atoms with E-state index < -0.39 is 17.9 Å². The number of thioether (sulfide) groups is 1. The highest BCUT2D eigenvalue weighted by molar-refractivity contribution is 8.26. The van der Waals surface area contributed by atoms with Gasteiger partial charge in [0.25, 0.3) is 5.91 Å². The Morgan fingerprint density at radius 3 is 2.41 bits per heavy atom. The fraction of sp³-hybridized carbons (Fsp3) is 0.115. The van der Waals surface area contributed by atoms with E-state index in [1.54, 1.807) is 43.5 Å². The van der Waals surface area contributed by atoms with Crippen molar-refractivity contribution in [3.63, 3.8) is 0 Å². The topological polar surface area (TPSA) is 76.1 Å². The molecule has 8 heteroatoms. The van der Waals surface area contributed by atoms with Gasteiger partial charge in [0.05, 0.1) is 12.0 Å². The molecule has 1 heterocycles. The molecule has 1 fully saturated rings. The van der Waals surface area contributed by atoms with Gasteiger partial charge >= 0.3 is 5.97 Å². The number of carbonyl (C=O) groups is 2. The lowest BCUT2D eigenvalue weighted by atomic mass is 10.0. The summed E-state index contributed by atoms with van der Waals surface area (Å²) in [7, 11) is 1.60. The molecule has 4 rings (SSSR count). The summed E-state index contributed by atoms with van der Waals surface area (Å²) in [6.45, 7) is 0. The maximum Gasteiger partial charge on any atom is 0.327 e. The molecule has 1 amide bonds. The van der Waals surface area contributed by atoms with Crippen molar-refractivity contribution in [2.45, 2.75) is 12.5 Å². The second kappa shape index (κ2) is 10.5. The second-order valence-corrected chi connectivity index (χ2v) is 9.12. The van der Waals surface area contributed by atoms with Crippen LogP contribution in [0, 0.1) is 0 Å². The number of amides is 1. The van der Waals surface area contributed by atoms with Crippen LogP contribution in [-0.2, 0) is 16.0 Å². The minimum Gasteiger partial charge on any atom is -0.497 e. The van der Waals surface area contributed by atoms with Gasteiger partial charge < -0.3 is 14.6 Å². The molecule has 1 N–H and O–H groups in total. The quantitative estimate of drug-likeness (QED) is 0.335. The van der Waals surface area contributed by atoms with Crippen molar-refractivity contribution < 1.29 is 24.2 Å². The Morgan fingerprint density at radius 2 is 1.74 bits per heavy atom. The van der Waals surface area contributed by atoms with Gasteiger partial charge in [0, 0.05) is 6.42 Å². The fourth-order valence-corrected chi connectivity index (χ4v) is 4.83. The summed E-state index contributed by atoms with van der Waals surface area (Å²) in [5.74, 6) is 0.461. The third-order valence-electron chi connectivity index (χ3n) is 5.14. The van der Waals surface area contributed by atoms with Gasteiger partial charge in [-0.05, 0) is 53.6 Å². The SMILES string of the molecule is COc1ccc(Oc2cccc(/C=C3\SC(=S)N(C(Cc4ccccc4)C(=O)O)C3=O)c2)cc1. The third-order valence-corrected chi connectivity index (χ3v) is 6.47. The number of hydrogen-bond donors (Lipinski definition) is 1. The summed E-state index contributed by atoms with van der Waals surface area (Å²) in [6.07, 6.45) is 1.86. The van der Waals surface area contributed by atoms with Gasteiger partial charge in [-0.3, -0.25) is 9.69 Å². The number of carbonyl (C=O) groups excluding carboxylic acids is 1. The van der Waals surface area contributed by atoms with Gasteiger partial charge in [0.2, 0.25) is 0 Å². The van der Waals surface area contributed by atoms with Gasteiger partial charge in [-0.15, -0.1) is 0 Å². The number of hydrogen-bond acceptors (Lipinski definition) is 6. The largest absolute Gasteiger partial charge is 0.497 e. The van der Waals surface area contributed by atoms with Crippen molar-refractivity contribution in [2.24, 2.45) is 0 Å². The van der Waals surface area contributed by atoms with E-state index >= 15 is 0 Å². The number of aliphatic carboxylic acids is 1. The molecule has 0 radical (unpaired) electrons. The highest BCUT2D eigenvalue weighted by atomic mass is 32.2. The second-order valence-electron chi connectivity index (χ2n) is 7.45. The van der Waals surface area contributed by atoms with E-state index in [-0.39, 0.29) is 10.7 Å². The normalized spacial score (nSPS) is 15.4. The molecule has 0 bridgehead atoms. The number of carboxylic acids is 1. The summed E-state index contributed by atoms with van der Waals surface area (Å²) in [4.78, 5) is 26.7. The number of carboxylic acid groups (broad SMARTS) is 1. The summed E-state index contributed by atoms with van der Waals surface area (Å²) < 4.78 is 11.3. The molecule has 1 aliphatic heterocycles. The molecule has 1 unspecified atom stereocenters. The number of methoxy groups -OCH3 is 1. The van der Waals surface area contributed by atoms with Crippen molar-refractivity contribution in [2.75, 3.05) is 7.11 Å². The van der Waals surface area contributed by atoms with Gasteiger partial charge in [0.1, 0.15) is 27.6 Å². The molecule has 3 aromatic rings. The van der Waals surface area contributed by atoms with Crippen molar-refractivity contribution in [3.8, 4) is 17.2 Å². The monoisotopic (exact) mass is 491 g/mol. The fourth-order valence-electron chi connectivity index (χ4n) is 3.47. The Kier molecular flexibility index (Phi) is 7.30. The van der Waals surface area contributed by atoms with Crippen molar-refractivity contribution in [1.82, 2.24) is 4.90 Å². The first-order valence-corrected chi connectivity index (χ1v) is 11.6. The van der Waals surface area contributed by atoms with Crippen LogP contribution in [0.5, 0.6) is 17.2 Å². The highest BCUT2D eigenvalue weighted by Crippen LogP contribution is 2.35. The van der Waals surface area contributed by atoms with E-state index in [2.05, 4.69) is 0 Å². The molecule has 3 aromatic carbocycles. The predicted octanol–water partition coefficient (Wildman–Crippen LogP) is 5.38. The number of thiocarbonyl (C=S) groups is 1. The Morgan fingerprint density at radius 1 is 1.03 bits per heavy atom. The zero-order chi connectivity index (χ0) is 24.1. The first kappa shape index (κ1) is 23.5. The minimum absolute atomic E-state index is 0.168. The van der Waals surface area contributed by atoms with Crippen LogP contribution in [0.4, 0.5) is 0 Å². The van der Waals surface area contributed by atoms with Crippen LogP contribution in [0.2, 0.25) is 0 Å². The molecular formula is C26H21NO5S2. The molecule has 1 atom stereocenters. The van der Waals surface area contributed by atoms with E-state index in [4.69, 9.17) is 21.7 Å². The molecule has 0 aliphatic carbocycles. The van der Waals surface area contributed by atoms with Crippen LogP contribution in [0.3, 0.4) is 0 Å². The molecule has 0 spiro atoms. The summed E-state index contributed by atoms with van der Waals surface area (Å²) >= 11 is 6.48. The average molecular weight is 492 g/mol. The molecule has 172 valence electrons. The van der Waals surface area contributed by atoms with Crippen molar-refractivity contribution in [1.29, 1.82) is 0 Å². The maximum absolute atomic E-state index is 13.1. The molecule has 0 aromatic heterocycles. The Labute approximate surface area is 206 Å². The van der Waals surface area contributed by atoms with Crippen LogP contribution < -0.4 is 9.47 Å². The van der Waals surface area contributed by atoms with Crippen LogP contribution in [0.15, 0.2) is 83.8 Å². The standard InChI is InChI=1S/C26H21NO5S2/c1-31-19-10-12-20(13-11-19)32-21-9-5-8-18(14-21)16-23-24(28)27(26(33)34-23)22(25(29)30)15-17-6-3-2-4-7-17/h2-14,16,22H,15H2,1H3,(H,29,30)/b23-16-. The predicted molar refractivity (Wildman–Crippen MR) is 136 cm³/mol. The summed E-state index contributed by atoms with van der Waals surface area (Å²) in [6, 6.07) is 22.6. The van der Waals surface area contributed by atoms with E-state index in [1.165, 1.54) is 4.90 Å². The molecular weight excluding hydrogens is 470 g/mol. The molecule has 0 saturated carbocycles. The number of rotatable bonds is 8. The van der Waals surface area contributed by atoms with Crippen LogP contribution in [-0.4, -0.2) is 39.4 Å². The lowest BCUT2D eigenvalue weighted by molar-refractivity contribution is -0.145. The molecule has 6 nitrogen and oxygen atoms in total. The number of benzene rings is 3. The van der Waals surface area contributed by atoms with Crippen LogP contribution >= 0.6 is 24.0 Å². The zero-order valence-electron chi connectivity index (χ0n) is 18.2. The number of nitrogens with zero attached hydrogens (tertiary/aromatic N) is 1. The van der Waals surface area contributed by atoms with Gasteiger partial charge in [-0.25, -0.2) is 4.79 Å². The first-order chi connectivity index (χ1) is 16.4. The molecule has 34 heavy (non-hydrogen) atoms. The van der Waals surface area contributed by atoms with E-state index in [1.807, 2.05) is 48.5 Å². The lowest BCUT2D eigenvalue weighted by Crippen LogP contribution is -2.45. The third kappa shape index (κ3) is 5.47. The first-order valence-electron chi connectivity index (χ1n) is 10.4. The Hall–Kier alpha value is -3.62. The highest BCUT2D eigenvalue weighted by Gasteiger charge is 2.40. The van der Waals surface area contributed by atoms with E-state index in [0.29, 0.717) is 16.4 Å². The van der Waals surface area contributed by atoms with Crippen LogP contribution in [0.1, 0.15) is 11.1 Å².